The Hall–Kier alpha value is -2.69. The molecule has 2 aliphatic rings. The average Bonchev–Trinajstić information content (AvgIpc) is 3.08. The second-order valence-corrected chi connectivity index (χ2v) is 9.55. The summed E-state index contributed by atoms with van der Waals surface area (Å²) in [4.78, 5) is 17.7. The highest BCUT2D eigenvalue weighted by Gasteiger charge is 2.46. The minimum atomic E-state index is -0.241. The maximum Gasteiger partial charge on any atom is 0.258 e. The number of nitrogens with zero attached hydrogens (tertiary/aromatic N) is 2. The monoisotopic (exact) mass is 448 g/mol. The van der Waals surface area contributed by atoms with Crippen LogP contribution in [0.1, 0.15) is 39.9 Å². The smallest absolute Gasteiger partial charge is 0.258 e. The first-order valence-corrected chi connectivity index (χ1v) is 11.5. The molecule has 1 amide bonds. The van der Waals surface area contributed by atoms with Crippen molar-refractivity contribution < 1.29 is 9.18 Å². The quantitative estimate of drug-likeness (QED) is 0.492. The molecule has 0 atom stereocenters. The molecule has 0 radical (unpaired) electrons. The second-order valence-electron chi connectivity index (χ2n) is 9.11. The predicted octanol–water partition coefficient (Wildman–Crippen LogP) is 5.98. The SMILES string of the molecule is Cc1cccc(C(=O)N2CC3(CCN(Cc4cccc(Cl)c4)CC3)c3cc(F)ccc32)c1. The lowest BCUT2D eigenvalue weighted by molar-refractivity contribution is 0.0975. The lowest BCUT2D eigenvalue weighted by Crippen LogP contribution is -2.45. The number of rotatable bonds is 3. The van der Waals surface area contributed by atoms with Crippen molar-refractivity contribution in [3.63, 3.8) is 0 Å². The Bertz CT molecular complexity index is 1170. The van der Waals surface area contributed by atoms with Crippen molar-refractivity contribution in [3.8, 4) is 0 Å². The number of halogens is 2. The number of anilines is 1. The number of fused-ring (bicyclic) bond motifs is 2. The second kappa shape index (κ2) is 8.34. The van der Waals surface area contributed by atoms with E-state index >= 15 is 0 Å². The molecule has 3 aromatic rings. The first-order valence-electron chi connectivity index (χ1n) is 11.1. The fraction of sp³-hybridized carbons (Fsp3) is 0.296. The van der Waals surface area contributed by atoms with Crippen molar-refractivity contribution in [1.29, 1.82) is 0 Å². The number of aryl methyl sites for hydroxylation is 1. The van der Waals surface area contributed by atoms with Gasteiger partial charge in [0, 0.05) is 34.8 Å². The third-order valence-electron chi connectivity index (χ3n) is 6.90. The van der Waals surface area contributed by atoms with E-state index in [0.29, 0.717) is 12.1 Å². The van der Waals surface area contributed by atoms with Crippen LogP contribution in [0.25, 0.3) is 0 Å². The summed E-state index contributed by atoms with van der Waals surface area (Å²) in [5.41, 5.74) is 4.54. The molecule has 2 heterocycles. The predicted molar refractivity (Wildman–Crippen MR) is 127 cm³/mol. The van der Waals surface area contributed by atoms with Gasteiger partial charge in [0.05, 0.1) is 0 Å². The van der Waals surface area contributed by atoms with Gasteiger partial charge in [-0.3, -0.25) is 9.69 Å². The van der Waals surface area contributed by atoms with Crippen molar-refractivity contribution in [2.24, 2.45) is 0 Å². The summed E-state index contributed by atoms with van der Waals surface area (Å²) in [7, 11) is 0. The van der Waals surface area contributed by atoms with E-state index in [0.717, 1.165) is 54.3 Å². The summed E-state index contributed by atoms with van der Waals surface area (Å²) in [6.45, 7) is 5.23. The fourth-order valence-corrected chi connectivity index (χ4v) is 5.43. The summed E-state index contributed by atoms with van der Waals surface area (Å²) in [5, 5.41) is 0.751. The van der Waals surface area contributed by atoms with Crippen LogP contribution < -0.4 is 4.90 Å². The van der Waals surface area contributed by atoms with Crippen LogP contribution in [-0.4, -0.2) is 30.4 Å². The van der Waals surface area contributed by atoms with Gasteiger partial charge in [-0.1, -0.05) is 41.4 Å². The number of hydrogen-bond donors (Lipinski definition) is 0. The first-order chi connectivity index (χ1) is 15.4. The van der Waals surface area contributed by atoms with Crippen LogP contribution in [0.4, 0.5) is 10.1 Å². The van der Waals surface area contributed by atoms with Gasteiger partial charge in [-0.05, 0) is 86.4 Å². The van der Waals surface area contributed by atoms with Crippen LogP contribution >= 0.6 is 11.6 Å². The number of likely N-dealkylation sites (tertiary alicyclic amines) is 1. The van der Waals surface area contributed by atoms with E-state index < -0.39 is 0 Å². The summed E-state index contributed by atoms with van der Waals surface area (Å²) in [6.07, 6.45) is 1.78. The number of carbonyl (C=O) groups is 1. The minimum absolute atomic E-state index is 0.0141. The molecule has 0 saturated carbocycles. The molecule has 164 valence electrons. The molecule has 5 heteroatoms. The standard InChI is InChI=1S/C27H26ClFN2O/c1-19-4-2-6-21(14-19)26(32)31-18-27(24-16-23(29)8-9-25(24)31)10-12-30(13-11-27)17-20-5-3-7-22(28)15-20/h2-9,14-16H,10-13,17-18H2,1H3. The molecule has 0 aromatic heterocycles. The molecule has 0 N–H and O–H groups in total. The zero-order valence-corrected chi connectivity index (χ0v) is 18.9. The van der Waals surface area contributed by atoms with Crippen LogP contribution in [0, 0.1) is 12.7 Å². The first kappa shape index (κ1) is 21.2. The molecule has 1 spiro atoms. The zero-order valence-electron chi connectivity index (χ0n) is 18.2. The maximum absolute atomic E-state index is 14.3. The van der Waals surface area contributed by atoms with Crippen molar-refractivity contribution in [3.05, 3.63) is 99.8 Å². The third kappa shape index (κ3) is 3.94. The topological polar surface area (TPSA) is 23.6 Å². The lowest BCUT2D eigenvalue weighted by atomic mass is 9.74. The molecule has 3 nitrogen and oxygen atoms in total. The third-order valence-corrected chi connectivity index (χ3v) is 7.14. The summed E-state index contributed by atoms with van der Waals surface area (Å²) < 4.78 is 14.3. The number of hydrogen-bond acceptors (Lipinski definition) is 2. The van der Waals surface area contributed by atoms with E-state index in [1.165, 1.54) is 11.6 Å². The zero-order chi connectivity index (χ0) is 22.3. The molecule has 3 aromatic carbocycles. The Morgan fingerprint density at radius 2 is 1.81 bits per heavy atom. The van der Waals surface area contributed by atoms with E-state index in [4.69, 9.17) is 11.6 Å². The van der Waals surface area contributed by atoms with E-state index in [2.05, 4.69) is 11.0 Å². The molecule has 0 unspecified atom stereocenters. The Morgan fingerprint density at radius 1 is 1.03 bits per heavy atom. The Kier molecular flexibility index (Phi) is 5.52. The molecule has 1 saturated heterocycles. The van der Waals surface area contributed by atoms with Crippen LogP contribution in [0.15, 0.2) is 66.7 Å². The Balaban J connectivity index is 1.39. The Labute approximate surface area is 193 Å². The highest BCUT2D eigenvalue weighted by molar-refractivity contribution is 6.30. The number of benzene rings is 3. The maximum atomic E-state index is 14.3. The van der Waals surface area contributed by atoms with Gasteiger partial charge in [0.25, 0.3) is 5.91 Å². The number of piperidine rings is 1. The van der Waals surface area contributed by atoms with Crippen molar-refractivity contribution in [2.45, 2.75) is 31.7 Å². The van der Waals surface area contributed by atoms with E-state index in [-0.39, 0.29) is 17.1 Å². The fourth-order valence-electron chi connectivity index (χ4n) is 5.22. The summed E-state index contributed by atoms with van der Waals surface area (Å²) >= 11 is 6.15. The van der Waals surface area contributed by atoms with Gasteiger partial charge in [0.1, 0.15) is 5.82 Å². The largest absolute Gasteiger partial charge is 0.307 e. The van der Waals surface area contributed by atoms with Crippen LogP contribution in [0.5, 0.6) is 0 Å². The van der Waals surface area contributed by atoms with Gasteiger partial charge in [0.2, 0.25) is 0 Å². The molecule has 32 heavy (non-hydrogen) atoms. The van der Waals surface area contributed by atoms with Crippen molar-refractivity contribution in [2.75, 3.05) is 24.5 Å². The number of amides is 1. The van der Waals surface area contributed by atoms with E-state index in [1.54, 1.807) is 12.1 Å². The van der Waals surface area contributed by atoms with E-state index in [1.807, 2.05) is 54.3 Å². The van der Waals surface area contributed by atoms with Gasteiger partial charge >= 0.3 is 0 Å². The average molecular weight is 449 g/mol. The van der Waals surface area contributed by atoms with Gasteiger partial charge in [-0.25, -0.2) is 4.39 Å². The molecule has 2 aliphatic heterocycles. The molecular weight excluding hydrogens is 423 g/mol. The highest BCUT2D eigenvalue weighted by Crippen LogP contribution is 2.48. The number of carbonyl (C=O) groups excluding carboxylic acids is 1. The summed E-state index contributed by atoms with van der Waals surface area (Å²) in [6, 6.07) is 20.5. The van der Waals surface area contributed by atoms with Gasteiger partial charge in [0.15, 0.2) is 0 Å². The van der Waals surface area contributed by atoms with Gasteiger partial charge in [-0.15, -0.1) is 0 Å². The van der Waals surface area contributed by atoms with Crippen LogP contribution in [-0.2, 0) is 12.0 Å². The summed E-state index contributed by atoms with van der Waals surface area (Å²) in [5.74, 6) is -0.255. The van der Waals surface area contributed by atoms with Gasteiger partial charge in [-0.2, -0.15) is 0 Å². The van der Waals surface area contributed by atoms with Crippen molar-refractivity contribution >= 4 is 23.2 Å². The molecule has 1 fully saturated rings. The molecule has 0 bridgehead atoms. The van der Waals surface area contributed by atoms with Gasteiger partial charge < -0.3 is 4.90 Å². The van der Waals surface area contributed by atoms with Crippen molar-refractivity contribution in [1.82, 2.24) is 4.90 Å². The molecule has 5 rings (SSSR count). The van der Waals surface area contributed by atoms with Crippen LogP contribution in [0.3, 0.4) is 0 Å². The normalized spacial score (nSPS) is 17.5. The lowest BCUT2D eigenvalue weighted by Gasteiger charge is -2.40. The van der Waals surface area contributed by atoms with Crippen LogP contribution in [0.2, 0.25) is 5.02 Å². The molecular formula is C27H26ClFN2O. The Morgan fingerprint density at radius 3 is 2.56 bits per heavy atom. The molecule has 0 aliphatic carbocycles. The van der Waals surface area contributed by atoms with E-state index in [9.17, 15) is 9.18 Å². The highest BCUT2D eigenvalue weighted by atomic mass is 35.5. The minimum Gasteiger partial charge on any atom is -0.307 e.